The van der Waals surface area contributed by atoms with E-state index in [0.717, 1.165) is 11.2 Å². The lowest BCUT2D eigenvalue weighted by molar-refractivity contribution is 0.559. The number of aromatic nitrogens is 2. The molecule has 12 rings (SSSR count). The predicted octanol–water partition coefficient (Wildman–Crippen LogP) is 15.9. The molecule has 0 saturated carbocycles. The Morgan fingerprint density at radius 1 is 0.409 bits per heavy atom. The van der Waals surface area contributed by atoms with Crippen molar-refractivity contribution in [2.45, 2.75) is 131 Å². The van der Waals surface area contributed by atoms with Crippen LogP contribution in [-0.2, 0) is 27.1 Å². The van der Waals surface area contributed by atoms with Crippen LogP contribution in [0, 0.1) is 0 Å². The molecule has 0 amide bonds. The Morgan fingerprint density at radius 3 is 1.67 bits per heavy atom. The van der Waals surface area contributed by atoms with Gasteiger partial charge in [-0.25, -0.2) is 0 Å². The van der Waals surface area contributed by atoms with Crippen LogP contribution in [0.4, 0.5) is 0 Å². The third-order valence-corrected chi connectivity index (χ3v) is 15.4. The molecule has 0 aliphatic carbocycles. The lowest BCUT2D eigenvalue weighted by Gasteiger charge is -2.34. The standard InChI is InChI=1S/C62H63BN2O/c1-58(2,3)36-19-16-34(17-20-36)35-18-25-50-48(28-35)63-53-40(44-30-38(60(7,8)9)31-45-43-29-37(59(4,5)6)21-26-49(43)65(63)54(44)45)22-23-42-52-51(64(50)55(42)53)27-24-41-46-32-39(61(10,11)12)33-47(62(13,14)15)56(46)66-57(41)52/h16-33H,1-15H3. The zero-order valence-corrected chi connectivity index (χ0v) is 41.8. The molecule has 0 bridgehead atoms. The fraction of sp³-hybridized carbons (Fsp3) is 0.323. The summed E-state index contributed by atoms with van der Waals surface area (Å²) in [5.74, 6) is 0. The van der Waals surface area contributed by atoms with Gasteiger partial charge in [0.2, 0.25) is 0 Å². The van der Waals surface area contributed by atoms with Crippen LogP contribution in [0.15, 0.2) is 114 Å². The van der Waals surface area contributed by atoms with Crippen molar-refractivity contribution < 1.29 is 4.42 Å². The normalized spacial score (nSPS) is 14.3. The van der Waals surface area contributed by atoms with Crippen molar-refractivity contribution in [1.29, 1.82) is 0 Å². The first-order chi connectivity index (χ1) is 30.9. The monoisotopic (exact) mass is 863 g/mol. The number of rotatable bonds is 1. The van der Waals surface area contributed by atoms with E-state index in [9.17, 15) is 0 Å². The number of hydrogen-bond acceptors (Lipinski definition) is 1. The maximum Gasteiger partial charge on any atom is 0.333 e. The van der Waals surface area contributed by atoms with Gasteiger partial charge in [-0.05, 0) is 125 Å². The molecular formula is C62H63BN2O. The molecule has 5 heterocycles. The fourth-order valence-corrected chi connectivity index (χ4v) is 11.6. The van der Waals surface area contributed by atoms with E-state index in [1.807, 2.05) is 0 Å². The third-order valence-electron chi connectivity index (χ3n) is 15.4. The molecule has 2 aliphatic rings. The van der Waals surface area contributed by atoms with Gasteiger partial charge in [-0.3, -0.25) is 0 Å². The predicted molar refractivity (Wildman–Crippen MR) is 286 cm³/mol. The SMILES string of the molecule is CC(C)(C)c1ccc(-c2ccc3c(c2)B2c4c(ccc5c6c7oc8c(C(C)(C)C)cc(C(C)(C)C)cc8c7ccc6n-3c45)-c3cc(C(C)(C)C)cc4c5cc(C(C)(C)C)ccc5n2c34)cc1. The second-order valence-electron chi connectivity index (χ2n) is 25.1. The van der Waals surface area contributed by atoms with Crippen LogP contribution in [0.1, 0.15) is 132 Å². The van der Waals surface area contributed by atoms with Crippen molar-refractivity contribution in [2.75, 3.05) is 0 Å². The summed E-state index contributed by atoms with van der Waals surface area (Å²) in [5.41, 5.74) is 22.8. The molecule has 4 heteroatoms. The third kappa shape index (κ3) is 5.69. The molecule has 2 aliphatic heterocycles. The van der Waals surface area contributed by atoms with E-state index in [2.05, 4.69) is 222 Å². The van der Waals surface area contributed by atoms with Crippen LogP contribution in [0.25, 0.3) is 93.5 Å². The van der Waals surface area contributed by atoms with Crippen LogP contribution in [0.5, 0.6) is 0 Å². The highest BCUT2D eigenvalue weighted by Crippen LogP contribution is 2.49. The zero-order valence-electron chi connectivity index (χ0n) is 41.8. The van der Waals surface area contributed by atoms with E-state index < -0.39 is 0 Å². The number of nitrogens with zero attached hydrogens (tertiary/aromatic N) is 2. The molecule has 0 unspecified atom stereocenters. The van der Waals surface area contributed by atoms with Gasteiger partial charge in [0.1, 0.15) is 11.2 Å². The molecule has 10 aromatic rings. The summed E-state index contributed by atoms with van der Waals surface area (Å²) in [5, 5.41) is 7.51. The van der Waals surface area contributed by atoms with Crippen molar-refractivity contribution in [2.24, 2.45) is 0 Å². The lowest BCUT2D eigenvalue weighted by atomic mass is 9.45. The topological polar surface area (TPSA) is 23.0 Å². The van der Waals surface area contributed by atoms with Gasteiger partial charge in [-0.2, -0.15) is 0 Å². The Bertz CT molecular complexity index is 3750. The average molecular weight is 863 g/mol. The second kappa shape index (κ2) is 12.9. The van der Waals surface area contributed by atoms with E-state index >= 15 is 0 Å². The van der Waals surface area contributed by atoms with Gasteiger partial charge >= 0.3 is 6.85 Å². The first kappa shape index (κ1) is 41.4. The zero-order chi connectivity index (χ0) is 46.5. The number of benzene rings is 7. The van der Waals surface area contributed by atoms with Gasteiger partial charge in [0.25, 0.3) is 0 Å². The summed E-state index contributed by atoms with van der Waals surface area (Å²) in [7, 11) is 0. The van der Waals surface area contributed by atoms with Gasteiger partial charge < -0.3 is 13.5 Å². The van der Waals surface area contributed by atoms with Crippen molar-refractivity contribution in [3.05, 3.63) is 137 Å². The van der Waals surface area contributed by atoms with Crippen molar-refractivity contribution in [1.82, 2.24) is 9.05 Å². The molecule has 66 heavy (non-hydrogen) atoms. The molecule has 330 valence electrons. The maximum absolute atomic E-state index is 7.33. The van der Waals surface area contributed by atoms with Crippen LogP contribution in [0.3, 0.4) is 0 Å². The molecule has 3 nitrogen and oxygen atoms in total. The molecule has 0 N–H and O–H groups in total. The summed E-state index contributed by atoms with van der Waals surface area (Å²) in [6.07, 6.45) is 0. The Labute approximate surface area is 390 Å². The minimum Gasteiger partial charge on any atom is -0.455 e. The van der Waals surface area contributed by atoms with Gasteiger partial charge in [0.15, 0.2) is 0 Å². The first-order valence-electron chi connectivity index (χ1n) is 24.3. The van der Waals surface area contributed by atoms with Gasteiger partial charge in [0.05, 0.1) is 16.4 Å². The van der Waals surface area contributed by atoms with E-state index in [0.29, 0.717) is 0 Å². The lowest BCUT2D eigenvalue weighted by Crippen LogP contribution is -2.55. The number of furan rings is 1. The smallest absolute Gasteiger partial charge is 0.333 e. The molecule has 0 fully saturated rings. The highest BCUT2D eigenvalue weighted by atomic mass is 16.3. The van der Waals surface area contributed by atoms with Crippen LogP contribution < -0.4 is 10.9 Å². The number of hydrogen-bond donors (Lipinski definition) is 0. The average Bonchev–Trinajstić information content (AvgIpc) is 3.90. The highest BCUT2D eigenvalue weighted by molar-refractivity contribution is 6.90. The summed E-state index contributed by atoms with van der Waals surface area (Å²) >= 11 is 0. The fourth-order valence-electron chi connectivity index (χ4n) is 11.6. The van der Waals surface area contributed by atoms with E-state index in [1.165, 1.54) is 121 Å². The van der Waals surface area contributed by atoms with E-state index in [1.54, 1.807) is 0 Å². The van der Waals surface area contributed by atoms with Crippen molar-refractivity contribution in [3.63, 3.8) is 0 Å². The van der Waals surface area contributed by atoms with Gasteiger partial charge in [0, 0.05) is 54.8 Å². The molecule has 7 aromatic carbocycles. The van der Waals surface area contributed by atoms with Crippen LogP contribution in [0.2, 0.25) is 0 Å². The number of fused-ring (bicyclic) bond motifs is 15. The summed E-state index contributed by atoms with van der Waals surface area (Å²) in [6, 6.07) is 43.3. The van der Waals surface area contributed by atoms with Gasteiger partial charge in [-0.1, -0.05) is 165 Å². The summed E-state index contributed by atoms with van der Waals surface area (Å²) in [6.45, 7) is 34.8. The van der Waals surface area contributed by atoms with Crippen molar-refractivity contribution >= 4 is 83.3 Å². The molecule has 0 saturated heterocycles. The Kier molecular flexibility index (Phi) is 8.11. The van der Waals surface area contributed by atoms with Crippen LogP contribution >= 0.6 is 0 Å². The van der Waals surface area contributed by atoms with Crippen molar-refractivity contribution in [3.8, 4) is 27.9 Å². The van der Waals surface area contributed by atoms with Crippen LogP contribution in [-0.4, -0.2) is 15.9 Å². The minimum absolute atomic E-state index is 0.00650. The quantitative estimate of drug-likeness (QED) is 0.151. The Hall–Kier alpha value is -6.00. The molecule has 0 radical (unpaired) electrons. The maximum atomic E-state index is 7.33. The highest BCUT2D eigenvalue weighted by Gasteiger charge is 2.43. The Morgan fingerprint density at radius 2 is 1.00 bits per heavy atom. The molecule has 0 atom stereocenters. The second-order valence-corrected chi connectivity index (χ2v) is 25.1. The van der Waals surface area contributed by atoms with E-state index in [-0.39, 0.29) is 33.9 Å². The Balaban J connectivity index is 1.24. The molecule has 3 aromatic heterocycles. The summed E-state index contributed by atoms with van der Waals surface area (Å²) in [4.78, 5) is 0. The van der Waals surface area contributed by atoms with E-state index in [4.69, 9.17) is 4.42 Å². The minimum atomic E-state index is -0.1000. The summed E-state index contributed by atoms with van der Waals surface area (Å²) < 4.78 is 12.7. The largest absolute Gasteiger partial charge is 0.455 e. The first-order valence-corrected chi connectivity index (χ1v) is 24.3. The molecule has 0 spiro atoms. The molecular weight excluding hydrogens is 800 g/mol. The van der Waals surface area contributed by atoms with Gasteiger partial charge in [-0.15, -0.1) is 0 Å².